The van der Waals surface area contributed by atoms with Crippen LogP contribution in [0.5, 0.6) is 0 Å². The Morgan fingerprint density at radius 3 is 2.50 bits per heavy atom. The Balaban J connectivity index is 1.65. The maximum atomic E-state index is 12.8. The Morgan fingerprint density at radius 2 is 1.68 bits per heavy atom. The maximum Gasteiger partial charge on any atom is 0.263 e. The van der Waals surface area contributed by atoms with Crippen molar-refractivity contribution in [2.24, 2.45) is 0 Å². The van der Waals surface area contributed by atoms with Gasteiger partial charge in [0.1, 0.15) is 0 Å². The summed E-state index contributed by atoms with van der Waals surface area (Å²) in [5.74, 6) is 0.249. The summed E-state index contributed by atoms with van der Waals surface area (Å²) in [5, 5.41) is 0. The molecule has 0 radical (unpaired) electrons. The van der Waals surface area contributed by atoms with Crippen LogP contribution in [-0.4, -0.2) is 23.9 Å². The molecular formula is C19H21NOS. The van der Waals surface area contributed by atoms with Crippen molar-refractivity contribution in [3.8, 4) is 10.4 Å². The van der Waals surface area contributed by atoms with Gasteiger partial charge in [0.2, 0.25) is 0 Å². The molecule has 1 aliphatic heterocycles. The van der Waals surface area contributed by atoms with E-state index in [9.17, 15) is 4.79 Å². The molecule has 0 N–H and O–H groups in total. The molecular weight excluding hydrogens is 290 g/mol. The molecule has 2 aromatic rings. The number of likely N-dealkylation sites (tertiary alicyclic amines) is 1. The highest BCUT2D eigenvalue weighted by molar-refractivity contribution is 7.17. The second-order valence-electron chi connectivity index (χ2n) is 6.33. The Kier molecular flexibility index (Phi) is 3.75. The van der Waals surface area contributed by atoms with Crippen LogP contribution in [0.15, 0.2) is 30.3 Å². The first-order valence-electron chi connectivity index (χ1n) is 8.33. The van der Waals surface area contributed by atoms with Gasteiger partial charge in [-0.05, 0) is 48.4 Å². The fourth-order valence-corrected chi connectivity index (χ4v) is 4.85. The van der Waals surface area contributed by atoms with Crippen molar-refractivity contribution in [1.82, 2.24) is 4.90 Å². The zero-order valence-corrected chi connectivity index (χ0v) is 13.6. The third-order valence-electron chi connectivity index (χ3n) is 4.84. The fourth-order valence-electron chi connectivity index (χ4n) is 3.61. The summed E-state index contributed by atoms with van der Waals surface area (Å²) in [4.78, 5) is 17.1. The summed E-state index contributed by atoms with van der Waals surface area (Å²) in [6, 6.07) is 10.8. The van der Waals surface area contributed by atoms with Crippen molar-refractivity contribution in [3.63, 3.8) is 0 Å². The number of thiophene rings is 1. The first-order chi connectivity index (χ1) is 10.8. The number of rotatable bonds is 1. The predicted molar refractivity (Wildman–Crippen MR) is 91.5 cm³/mol. The molecule has 0 atom stereocenters. The molecule has 3 heteroatoms. The van der Waals surface area contributed by atoms with E-state index in [0.29, 0.717) is 0 Å². The molecule has 1 aromatic heterocycles. The van der Waals surface area contributed by atoms with Gasteiger partial charge >= 0.3 is 0 Å². The Hall–Kier alpha value is -1.61. The standard InChI is InChI=1S/C19H21NOS/c21-19(20-11-5-1-2-6-12-20)17-13-15-10-9-14-7-3-4-8-16(14)18(15)22-17/h3-4,7-8,13H,1-2,5-6,9-12H2. The molecule has 0 unspecified atom stereocenters. The van der Waals surface area contributed by atoms with E-state index < -0.39 is 0 Å². The zero-order chi connectivity index (χ0) is 14.9. The smallest absolute Gasteiger partial charge is 0.263 e. The molecule has 2 nitrogen and oxygen atoms in total. The molecule has 1 saturated heterocycles. The molecule has 22 heavy (non-hydrogen) atoms. The van der Waals surface area contributed by atoms with E-state index >= 15 is 0 Å². The molecule has 0 spiro atoms. The van der Waals surface area contributed by atoms with Gasteiger partial charge in [0, 0.05) is 18.0 Å². The summed E-state index contributed by atoms with van der Waals surface area (Å²) in [6.07, 6.45) is 6.99. The van der Waals surface area contributed by atoms with E-state index in [1.165, 1.54) is 34.4 Å². The number of hydrogen-bond donors (Lipinski definition) is 0. The third kappa shape index (κ3) is 2.48. The number of benzene rings is 1. The minimum Gasteiger partial charge on any atom is -0.338 e. The van der Waals surface area contributed by atoms with E-state index in [4.69, 9.17) is 0 Å². The van der Waals surface area contributed by atoms with Crippen molar-refractivity contribution in [2.45, 2.75) is 38.5 Å². The maximum absolute atomic E-state index is 12.8. The number of hydrogen-bond acceptors (Lipinski definition) is 2. The zero-order valence-electron chi connectivity index (χ0n) is 12.8. The molecule has 0 bridgehead atoms. The molecule has 2 aliphatic rings. The van der Waals surface area contributed by atoms with E-state index in [2.05, 4.69) is 35.2 Å². The lowest BCUT2D eigenvalue weighted by Crippen LogP contribution is -2.31. The van der Waals surface area contributed by atoms with Gasteiger partial charge in [0.25, 0.3) is 5.91 Å². The van der Waals surface area contributed by atoms with Crippen molar-refractivity contribution in [1.29, 1.82) is 0 Å². The summed E-state index contributed by atoms with van der Waals surface area (Å²) < 4.78 is 0. The number of fused-ring (bicyclic) bond motifs is 3. The Bertz CT molecular complexity index is 695. The lowest BCUT2D eigenvalue weighted by molar-refractivity contribution is 0.0766. The average Bonchev–Trinajstić information content (AvgIpc) is 2.81. The lowest BCUT2D eigenvalue weighted by atomic mass is 9.91. The van der Waals surface area contributed by atoms with Gasteiger partial charge in [-0.1, -0.05) is 37.1 Å². The van der Waals surface area contributed by atoms with Gasteiger partial charge in [-0.15, -0.1) is 11.3 Å². The molecule has 4 rings (SSSR count). The SMILES string of the molecule is O=C(c1cc2c(s1)-c1ccccc1CC2)N1CCCCCC1. The Labute approximate surface area is 135 Å². The topological polar surface area (TPSA) is 20.3 Å². The molecule has 2 heterocycles. The lowest BCUT2D eigenvalue weighted by Gasteiger charge is -2.19. The van der Waals surface area contributed by atoms with Gasteiger partial charge in [-0.25, -0.2) is 0 Å². The Morgan fingerprint density at radius 1 is 0.955 bits per heavy atom. The highest BCUT2D eigenvalue weighted by Crippen LogP contribution is 2.39. The summed E-state index contributed by atoms with van der Waals surface area (Å²) >= 11 is 1.70. The van der Waals surface area contributed by atoms with Crippen molar-refractivity contribution < 1.29 is 4.79 Å². The van der Waals surface area contributed by atoms with Crippen LogP contribution >= 0.6 is 11.3 Å². The van der Waals surface area contributed by atoms with Gasteiger partial charge < -0.3 is 4.90 Å². The third-order valence-corrected chi connectivity index (χ3v) is 6.04. The minimum absolute atomic E-state index is 0.249. The fraction of sp³-hybridized carbons (Fsp3) is 0.421. The van der Waals surface area contributed by atoms with Gasteiger partial charge in [-0.3, -0.25) is 4.79 Å². The number of nitrogens with zero attached hydrogens (tertiary/aromatic N) is 1. The van der Waals surface area contributed by atoms with Crippen molar-refractivity contribution in [3.05, 3.63) is 46.3 Å². The van der Waals surface area contributed by atoms with Gasteiger partial charge in [0.15, 0.2) is 0 Å². The second-order valence-corrected chi connectivity index (χ2v) is 7.38. The van der Waals surface area contributed by atoms with Crippen LogP contribution < -0.4 is 0 Å². The van der Waals surface area contributed by atoms with Crippen LogP contribution in [0.4, 0.5) is 0 Å². The van der Waals surface area contributed by atoms with E-state index in [-0.39, 0.29) is 5.91 Å². The second kappa shape index (κ2) is 5.88. The van der Waals surface area contributed by atoms with Crippen LogP contribution in [0.2, 0.25) is 0 Å². The van der Waals surface area contributed by atoms with Crippen molar-refractivity contribution >= 4 is 17.2 Å². The first kappa shape index (κ1) is 14.0. The normalized spacial score (nSPS) is 17.5. The van der Waals surface area contributed by atoms with Crippen LogP contribution in [0.1, 0.15) is 46.5 Å². The van der Waals surface area contributed by atoms with Gasteiger partial charge in [-0.2, -0.15) is 0 Å². The molecule has 1 aliphatic carbocycles. The molecule has 1 aromatic carbocycles. The van der Waals surface area contributed by atoms with Crippen LogP contribution in [0, 0.1) is 0 Å². The first-order valence-corrected chi connectivity index (χ1v) is 9.15. The summed E-state index contributed by atoms with van der Waals surface area (Å²) in [7, 11) is 0. The quantitative estimate of drug-likeness (QED) is 0.757. The largest absolute Gasteiger partial charge is 0.338 e. The average molecular weight is 311 g/mol. The van der Waals surface area contributed by atoms with Crippen LogP contribution in [0.25, 0.3) is 10.4 Å². The summed E-state index contributed by atoms with van der Waals surface area (Å²) in [5.41, 5.74) is 4.12. The minimum atomic E-state index is 0.249. The number of carbonyl (C=O) groups excluding carboxylic acids is 1. The van der Waals surface area contributed by atoms with E-state index in [1.807, 2.05) is 0 Å². The summed E-state index contributed by atoms with van der Waals surface area (Å²) in [6.45, 7) is 1.86. The van der Waals surface area contributed by atoms with E-state index in [1.54, 1.807) is 11.3 Å². The molecule has 114 valence electrons. The number of carbonyl (C=O) groups is 1. The number of amides is 1. The van der Waals surface area contributed by atoms with E-state index in [0.717, 1.165) is 43.6 Å². The number of aryl methyl sites for hydroxylation is 2. The van der Waals surface area contributed by atoms with Crippen LogP contribution in [-0.2, 0) is 12.8 Å². The molecule has 0 saturated carbocycles. The highest BCUT2D eigenvalue weighted by Gasteiger charge is 2.24. The highest BCUT2D eigenvalue weighted by atomic mass is 32.1. The van der Waals surface area contributed by atoms with Gasteiger partial charge in [0.05, 0.1) is 4.88 Å². The van der Waals surface area contributed by atoms with Crippen molar-refractivity contribution in [2.75, 3.05) is 13.1 Å². The predicted octanol–water partition coefficient (Wildman–Crippen LogP) is 4.53. The monoisotopic (exact) mass is 311 g/mol. The van der Waals surface area contributed by atoms with Crippen LogP contribution in [0.3, 0.4) is 0 Å². The molecule has 1 fully saturated rings. The molecule has 1 amide bonds.